The van der Waals surface area contributed by atoms with Gasteiger partial charge in [-0.1, -0.05) is 25.1 Å². The third kappa shape index (κ3) is 6.06. The van der Waals surface area contributed by atoms with E-state index in [-0.39, 0.29) is 43.3 Å². The normalized spacial score (nSPS) is 27.2. The maximum absolute atomic E-state index is 14.3. The number of carbonyl (C=O) groups is 2. The van der Waals surface area contributed by atoms with Gasteiger partial charge in [-0.05, 0) is 56.7 Å². The van der Waals surface area contributed by atoms with Crippen LogP contribution in [0.4, 0.5) is 13.2 Å². The Kier molecular flexibility index (Phi) is 8.29. The highest BCUT2D eigenvalue weighted by Gasteiger charge is 2.53. The largest absolute Gasteiger partial charge is 0.458 e. The third-order valence-electron chi connectivity index (χ3n) is 8.91. The molecule has 2 aromatic rings. The van der Waals surface area contributed by atoms with Gasteiger partial charge < -0.3 is 24.3 Å². The van der Waals surface area contributed by atoms with E-state index in [1.54, 1.807) is 37.3 Å². The Labute approximate surface area is 236 Å². The number of alkyl halides is 3. The van der Waals surface area contributed by atoms with E-state index in [0.29, 0.717) is 50.0 Å². The molecule has 2 aliphatic heterocycles. The van der Waals surface area contributed by atoms with Crippen molar-refractivity contribution in [3.63, 3.8) is 0 Å². The molecule has 1 amide bonds. The van der Waals surface area contributed by atoms with Gasteiger partial charge in [-0.25, -0.2) is 4.79 Å². The van der Waals surface area contributed by atoms with Crippen LogP contribution in [0, 0.1) is 11.3 Å². The SMILES string of the molecule is CC(OC(=O)c1ccccc1)[C@]1(C(=O)N2CCn3c(cc(C(F)(F)F)cc3=O)C2)CC[C@@H](N[C@H]2CCOC[C@H]2C)C1. The first kappa shape index (κ1) is 29.3. The summed E-state index contributed by atoms with van der Waals surface area (Å²) in [4.78, 5) is 41.3. The number of amides is 1. The van der Waals surface area contributed by atoms with Crippen LogP contribution in [0.25, 0.3) is 0 Å². The van der Waals surface area contributed by atoms with Gasteiger partial charge in [0.05, 0.1) is 29.7 Å². The molecular weight excluding hydrogens is 539 g/mol. The number of hydrogen-bond acceptors (Lipinski definition) is 6. The molecule has 5 rings (SSSR count). The summed E-state index contributed by atoms with van der Waals surface area (Å²) in [6.45, 7) is 5.30. The van der Waals surface area contributed by atoms with Crippen molar-refractivity contribution in [2.75, 3.05) is 19.8 Å². The highest BCUT2D eigenvalue weighted by atomic mass is 19.4. The van der Waals surface area contributed by atoms with Crippen LogP contribution in [0.3, 0.4) is 0 Å². The summed E-state index contributed by atoms with van der Waals surface area (Å²) in [6, 6.07) is 10.3. The second kappa shape index (κ2) is 11.6. The molecule has 222 valence electrons. The highest BCUT2D eigenvalue weighted by molar-refractivity contribution is 5.90. The molecule has 3 aliphatic rings. The molecule has 0 bridgehead atoms. The highest BCUT2D eigenvalue weighted by Crippen LogP contribution is 2.45. The average Bonchev–Trinajstić information content (AvgIpc) is 3.38. The van der Waals surface area contributed by atoms with Gasteiger partial charge in [0.1, 0.15) is 6.10 Å². The quantitative estimate of drug-likeness (QED) is 0.524. The van der Waals surface area contributed by atoms with Gasteiger partial charge in [0, 0.05) is 43.5 Å². The van der Waals surface area contributed by atoms with Crippen LogP contribution in [0.15, 0.2) is 47.3 Å². The fourth-order valence-electron chi connectivity index (χ4n) is 6.48. The zero-order valence-electron chi connectivity index (χ0n) is 23.3. The van der Waals surface area contributed by atoms with Gasteiger partial charge in [-0.3, -0.25) is 9.59 Å². The van der Waals surface area contributed by atoms with E-state index < -0.39 is 34.8 Å². The number of ether oxygens (including phenoxy) is 2. The Morgan fingerprint density at radius 2 is 1.90 bits per heavy atom. The van der Waals surface area contributed by atoms with Crippen molar-refractivity contribution in [3.8, 4) is 0 Å². The topological polar surface area (TPSA) is 89.9 Å². The number of benzene rings is 1. The predicted molar refractivity (Wildman–Crippen MR) is 144 cm³/mol. The Morgan fingerprint density at radius 1 is 1.15 bits per heavy atom. The number of nitrogens with one attached hydrogen (secondary N) is 1. The molecule has 1 aromatic carbocycles. The maximum Gasteiger partial charge on any atom is 0.416 e. The molecule has 0 radical (unpaired) electrons. The van der Waals surface area contributed by atoms with Gasteiger partial charge in [0.15, 0.2) is 0 Å². The number of nitrogens with zero attached hydrogens (tertiary/aromatic N) is 2. The van der Waals surface area contributed by atoms with Crippen LogP contribution in [0.5, 0.6) is 0 Å². The molecule has 11 heteroatoms. The van der Waals surface area contributed by atoms with E-state index >= 15 is 0 Å². The molecule has 1 saturated carbocycles. The molecule has 41 heavy (non-hydrogen) atoms. The second-order valence-electron chi connectivity index (χ2n) is 11.6. The van der Waals surface area contributed by atoms with Crippen molar-refractivity contribution in [3.05, 3.63) is 69.6 Å². The zero-order valence-corrected chi connectivity index (χ0v) is 23.3. The molecule has 1 unspecified atom stereocenters. The summed E-state index contributed by atoms with van der Waals surface area (Å²) < 4.78 is 53.1. The minimum absolute atomic E-state index is 0.00101. The molecule has 3 heterocycles. The van der Waals surface area contributed by atoms with E-state index in [2.05, 4.69) is 12.2 Å². The first-order chi connectivity index (χ1) is 19.5. The Balaban J connectivity index is 1.41. The molecule has 1 saturated heterocycles. The number of aromatic nitrogens is 1. The minimum atomic E-state index is -4.67. The number of hydrogen-bond donors (Lipinski definition) is 1. The second-order valence-corrected chi connectivity index (χ2v) is 11.6. The van der Waals surface area contributed by atoms with Crippen LogP contribution in [-0.4, -0.2) is 59.3 Å². The molecule has 0 spiro atoms. The van der Waals surface area contributed by atoms with Crippen LogP contribution in [-0.2, 0) is 33.5 Å². The lowest BCUT2D eigenvalue weighted by atomic mass is 9.78. The van der Waals surface area contributed by atoms with Crippen molar-refractivity contribution < 1.29 is 32.2 Å². The molecular formula is C30H36F3N3O5. The van der Waals surface area contributed by atoms with E-state index in [1.165, 1.54) is 9.47 Å². The minimum Gasteiger partial charge on any atom is -0.458 e. The lowest BCUT2D eigenvalue weighted by Crippen LogP contribution is -2.53. The van der Waals surface area contributed by atoms with Crippen molar-refractivity contribution in [1.82, 2.24) is 14.8 Å². The number of esters is 1. The lowest BCUT2D eigenvalue weighted by Gasteiger charge is -2.40. The molecule has 5 atom stereocenters. The van der Waals surface area contributed by atoms with Crippen molar-refractivity contribution in [2.24, 2.45) is 11.3 Å². The zero-order chi connectivity index (χ0) is 29.4. The van der Waals surface area contributed by atoms with Gasteiger partial charge in [0.2, 0.25) is 5.91 Å². The summed E-state index contributed by atoms with van der Waals surface area (Å²) in [5.74, 6) is -0.501. The molecule has 1 aliphatic carbocycles. The van der Waals surface area contributed by atoms with Gasteiger partial charge >= 0.3 is 12.1 Å². The number of pyridine rings is 1. The van der Waals surface area contributed by atoms with Crippen LogP contribution < -0.4 is 10.9 Å². The van der Waals surface area contributed by atoms with Crippen molar-refractivity contribution in [2.45, 2.75) is 77.0 Å². The fourth-order valence-corrected chi connectivity index (χ4v) is 6.48. The van der Waals surface area contributed by atoms with Crippen LogP contribution in [0.2, 0.25) is 0 Å². The Morgan fingerprint density at radius 3 is 2.61 bits per heavy atom. The summed E-state index contributed by atoms with van der Waals surface area (Å²) in [5, 5.41) is 3.71. The first-order valence-corrected chi connectivity index (χ1v) is 14.2. The smallest absolute Gasteiger partial charge is 0.416 e. The van der Waals surface area contributed by atoms with Crippen LogP contribution >= 0.6 is 0 Å². The fraction of sp³-hybridized carbons (Fsp3) is 0.567. The lowest BCUT2D eigenvalue weighted by molar-refractivity contribution is -0.150. The average molecular weight is 576 g/mol. The van der Waals surface area contributed by atoms with Gasteiger partial charge in [-0.2, -0.15) is 13.2 Å². The number of rotatable bonds is 6. The molecule has 8 nitrogen and oxygen atoms in total. The molecule has 1 N–H and O–H groups in total. The van der Waals surface area contributed by atoms with Crippen molar-refractivity contribution in [1.29, 1.82) is 0 Å². The summed E-state index contributed by atoms with van der Waals surface area (Å²) >= 11 is 0. The Hall–Kier alpha value is -3.18. The van der Waals surface area contributed by atoms with Crippen LogP contribution in [0.1, 0.15) is 61.1 Å². The van der Waals surface area contributed by atoms with Crippen molar-refractivity contribution >= 4 is 11.9 Å². The monoisotopic (exact) mass is 575 g/mol. The third-order valence-corrected chi connectivity index (χ3v) is 8.91. The van der Waals surface area contributed by atoms with E-state index in [9.17, 15) is 27.6 Å². The summed E-state index contributed by atoms with van der Waals surface area (Å²) in [5.41, 5.74) is -2.33. The Bertz CT molecular complexity index is 1330. The van der Waals surface area contributed by atoms with Gasteiger partial charge in [-0.15, -0.1) is 0 Å². The first-order valence-electron chi connectivity index (χ1n) is 14.2. The van der Waals surface area contributed by atoms with E-state index in [0.717, 1.165) is 12.5 Å². The van der Waals surface area contributed by atoms with E-state index in [1.807, 2.05) is 0 Å². The number of fused-ring (bicyclic) bond motifs is 1. The number of carbonyl (C=O) groups excluding carboxylic acids is 2. The summed E-state index contributed by atoms with van der Waals surface area (Å²) in [6.07, 6.45) is -3.04. The molecule has 2 fully saturated rings. The maximum atomic E-state index is 14.3. The number of halogens is 3. The predicted octanol–water partition coefficient (Wildman–Crippen LogP) is 4.01. The van der Waals surface area contributed by atoms with Gasteiger partial charge in [0.25, 0.3) is 5.56 Å². The molecule has 1 aromatic heterocycles. The summed E-state index contributed by atoms with van der Waals surface area (Å²) in [7, 11) is 0. The standard InChI is InChI=1S/C30H36F3N3O5/c1-19-18-40-13-9-25(19)34-23-8-10-29(16-23,20(2)41-27(38)21-6-4-3-5-7-21)28(39)35-11-12-36-24(17-35)14-22(15-26(36)37)30(31,32)33/h3-7,14-15,19-20,23,25,34H,8-13,16-18H2,1-2H3/t19-,20?,23-,25+,29+/m1/s1. The van der Waals surface area contributed by atoms with E-state index in [4.69, 9.17) is 9.47 Å².